The van der Waals surface area contributed by atoms with Crippen LogP contribution in [0.2, 0.25) is 0 Å². The largest absolute Gasteiger partial charge is 0.456 e. The first-order chi connectivity index (χ1) is 25.2. The van der Waals surface area contributed by atoms with Crippen molar-refractivity contribution in [2.45, 2.75) is 0 Å². The Morgan fingerprint density at radius 2 is 0.941 bits per heavy atom. The van der Waals surface area contributed by atoms with Gasteiger partial charge in [0, 0.05) is 27.5 Å². The summed E-state index contributed by atoms with van der Waals surface area (Å²) in [4.78, 5) is 10.2. The minimum absolute atomic E-state index is 0.684. The van der Waals surface area contributed by atoms with Crippen molar-refractivity contribution in [3.8, 4) is 56.2 Å². The summed E-state index contributed by atoms with van der Waals surface area (Å²) in [6.45, 7) is 0. The molecule has 0 aliphatic carbocycles. The van der Waals surface area contributed by atoms with E-state index in [1.807, 2.05) is 36.4 Å². The van der Waals surface area contributed by atoms with Crippen LogP contribution in [0, 0.1) is 0 Å². The third-order valence-electron chi connectivity index (χ3n) is 9.87. The molecule has 0 bridgehead atoms. The maximum Gasteiger partial charge on any atom is 0.160 e. The molecule has 10 aromatic rings. The fourth-order valence-electron chi connectivity index (χ4n) is 7.32. The number of aromatic nitrogens is 2. The van der Waals surface area contributed by atoms with Crippen molar-refractivity contribution in [1.29, 1.82) is 0 Å². The summed E-state index contributed by atoms with van der Waals surface area (Å²) in [5, 5.41) is 7.07. The summed E-state index contributed by atoms with van der Waals surface area (Å²) in [6.07, 6.45) is 0. The first-order valence-electron chi connectivity index (χ1n) is 17.2. The van der Waals surface area contributed by atoms with Crippen LogP contribution in [0.4, 0.5) is 0 Å². The normalized spacial score (nSPS) is 11.5. The third-order valence-corrected chi connectivity index (χ3v) is 9.87. The van der Waals surface area contributed by atoms with Gasteiger partial charge in [0.05, 0.1) is 11.4 Å². The Bertz CT molecular complexity index is 2830. The molecule has 0 saturated heterocycles. The van der Waals surface area contributed by atoms with Crippen LogP contribution in [-0.4, -0.2) is 9.97 Å². The molecule has 51 heavy (non-hydrogen) atoms. The van der Waals surface area contributed by atoms with Crippen LogP contribution < -0.4 is 0 Å². The standard InChI is InChI=1S/C48H30N2O/c1-3-13-35(14-4-1)42-30-43(50-48(49-42)36-15-5-2-6-16-36)39-28-41(47-45(29-39)51-44-26-25-33-12-9-10-18-40(33)46(44)47)34-22-19-32(20-23-34)38-24-21-31-11-7-8-17-37(31)27-38/h1-30H. The summed E-state index contributed by atoms with van der Waals surface area (Å²) < 4.78 is 6.71. The van der Waals surface area contributed by atoms with E-state index in [-0.39, 0.29) is 0 Å². The Balaban J connectivity index is 1.20. The molecule has 0 aliphatic heterocycles. The number of fused-ring (bicyclic) bond motifs is 6. The predicted octanol–water partition coefficient (Wildman–Crippen LogP) is 13.0. The zero-order chi connectivity index (χ0) is 33.7. The fraction of sp³-hybridized carbons (Fsp3) is 0. The van der Waals surface area contributed by atoms with E-state index in [1.54, 1.807) is 0 Å². The molecule has 2 heterocycles. The topological polar surface area (TPSA) is 38.9 Å². The molecule has 0 aliphatic rings. The van der Waals surface area contributed by atoms with Gasteiger partial charge >= 0.3 is 0 Å². The molecule has 0 amide bonds. The Morgan fingerprint density at radius 1 is 0.333 bits per heavy atom. The Morgan fingerprint density at radius 3 is 1.73 bits per heavy atom. The van der Waals surface area contributed by atoms with E-state index in [4.69, 9.17) is 14.4 Å². The van der Waals surface area contributed by atoms with Crippen LogP contribution in [0.5, 0.6) is 0 Å². The lowest BCUT2D eigenvalue weighted by molar-refractivity contribution is 0.669. The molecular formula is C48H30N2O. The molecule has 0 fully saturated rings. The average molecular weight is 651 g/mol. The summed E-state index contributed by atoms with van der Waals surface area (Å²) in [7, 11) is 0. The number of hydrogen-bond donors (Lipinski definition) is 0. The van der Waals surface area contributed by atoms with Gasteiger partial charge in [-0.25, -0.2) is 9.97 Å². The van der Waals surface area contributed by atoms with Crippen LogP contribution in [0.3, 0.4) is 0 Å². The number of nitrogens with zero attached hydrogens (tertiary/aromatic N) is 2. The molecule has 0 N–H and O–H groups in total. The summed E-state index contributed by atoms with van der Waals surface area (Å²) in [5.41, 5.74) is 11.0. The molecule has 0 saturated carbocycles. The van der Waals surface area contributed by atoms with E-state index in [9.17, 15) is 0 Å². The van der Waals surface area contributed by atoms with E-state index in [0.717, 1.165) is 61.1 Å². The lowest BCUT2D eigenvalue weighted by atomic mass is 9.92. The second kappa shape index (κ2) is 11.9. The van der Waals surface area contributed by atoms with Crippen LogP contribution >= 0.6 is 0 Å². The van der Waals surface area contributed by atoms with Crippen LogP contribution in [0.25, 0.3) is 99.6 Å². The first kappa shape index (κ1) is 29.1. The van der Waals surface area contributed by atoms with E-state index >= 15 is 0 Å². The summed E-state index contributed by atoms with van der Waals surface area (Å²) in [6, 6.07) is 63.9. The monoisotopic (exact) mass is 650 g/mol. The van der Waals surface area contributed by atoms with Gasteiger partial charge in [0.1, 0.15) is 11.2 Å². The van der Waals surface area contributed by atoms with Gasteiger partial charge in [0.25, 0.3) is 0 Å². The van der Waals surface area contributed by atoms with Crippen LogP contribution in [0.15, 0.2) is 186 Å². The maximum atomic E-state index is 6.71. The lowest BCUT2D eigenvalue weighted by Gasteiger charge is -2.12. The Kier molecular flexibility index (Phi) is 6.81. The Hall–Kier alpha value is -6.84. The van der Waals surface area contributed by atoms with Gasteiger partial charge < -0.3 is 4.42 Å². The summed E-state index contributed by atoms with van der Waals surface area (Å²) in [5.74, 6) is 0.684. The molecule has 0 unspecified atom stereocenters. The maximum absolute atomic E-state index is 6.71. The van der Waals surface area contributed by atoms with Crippen molar-refractivity contribution in [2.75, 3.05) is 0 Å². The molecule has 8 aromatic carbocycles. The molecule has 238 valence electrons. The summed E-state index contributed by atoms with van der Waals surface area (Å²) >= 11 is 0. The van der Waals surface area contributed by atoms with Crippen molar-refractivity contribution in [3.05, 3.63) is 182 Å². The second-order valence-electron chi connectivity index (χ2n) is 13.0. The minimum atomic E-state index is 0.684. The minimum Gasteiger partial charge on any atom is -0.456 e. The van der Waals surface area contributed by atoms with E-state index in [0.29, 0.717) is 5.82 Å². The zero-order valence-electron chi connectivity index (χ0n) is 27.6. The molecule has 0 radical (unpaired) electrons. The highest BCUT2D eigenvalue weighted by Gasteiger charge is 2.19. The van der Waals surface area contributed by atoms with E-state index in [2.05, 4.69) is 146 Å². The lowest BCUT2D eigenvalue weighted by Crippen LogP contribution is -1.96. The highest BCUT2D eigenvalue weighted by atomic mass is 16.3. The Labute approximate surface area is 295 Å². The zero-order valence-corrected chi connectivity index (χ0v) is 27.6. The van der Waals surface area contributed by atoms with Crippen LogP contribution in [0.1, 0.15) is 0 Å². The molecule has 2 aromatic heterocycles. The van der Waals surface area contributed by atoms with Crippen molar-refractivity contribution >= 4 is 43.5 Å². The van der Waals surface area contributed by atoms with Crippen molar-refractivity contribution < 1.29 is 4.42 Å². The third kappa shape index (κ3) is 5.15. The van der Waals surface area contributed by atoms with E-state index in [1.165, 1.54) is 32.7 Å². The quantitative estimate of drug-likeness (QED) is 0.186. The molecule has 10 rings (SSSR count). The number of rotatable bonds is 5. The highest BCUT2D eigenvalue weighted by molar-refractivity contribution is 6.23. The fourth-order valence-corrected chi connectivity index (χ4v) is 7.32. The molecule has 3 nitrogen and oxygen atoms in total. The smallest absolute Gasteiger partial charge is 0.160 e. The average Bonchev–Trinajstić information content (AvgIpc) is 3.60. The second-order valence-corrected chi connectivity index (χ2v) is 13.0. The van der Waals surface area contributed by atoms with E-state index < -0.39 is 0 Å². The molecule has 0 atom stereocenters. The van der Waals surface area contributed by atoms with Crippen molar-refractivity contribution in [2.24, 2.45) is 0 Å². The predicted molar refractivity (Wildman–Crippen MR) is 212 cm³/mol. The van der Waals surface area contributed by atoms with Gasteiger partial charge in [-0.3, -0.25) is 0 Å². The van der Waals surface area contributed by atoms with Gasteiger partial charge in [0.15, 0.2) is 5.82 Å². The van der Waals surface area contributed by atoms with Gasteiger partial charge in [-0.1, -0.05) is 152 Å². The molecule has 0 spiro atoms. The van der Waals surface area contributed by atoms with Gasteiger partial charge in [-0.05, 0) is 74.1 Å². The van der Waals surface area contributed by atoms with Crippen molar-refractivity contribution in [3.63, 3.8) is 0 Å². The molecular weight excluding hydrogens is 621 g/mol. The van der Waals surface area contributed by atoms with Gasteiger partial charge in [0.2, 0.25) is 0 Å². The number of benzene rings is 8. The van der Waals surface area contributed by atoms with Gasteiger partial charge in [-0.2, -0.15) is 0 Å². The molecule has 3 heteroatoms. The van der Waals surface area contributed by atoms with Crippen LogP contribution in [-0.2, 0) is 0 Å². The van der Waals surface area contributed by atoms with Gasteiger partial charge in [-0.15, -0.1) is 0 Å². The first-order valence-corrected chi connectivity index (χ1v) is 17.2. The SMILES string of the molecule is c1ccc(-c2cc(-c3cc(-c4ccc(-c5ccc6ccccc6c5)cc4)c4c(c3)oc3ccc5ccccc5c34)nc(-c3ccccc3)n2)cc1. The van der Waals surface area contributed by atoms with Crippen molar-refractivity contribution in [1.82, 2.24) is 9.97 Å². The number of hydrogen-bond acceptors (Lipinski definition) is 3. The highest BCUT2D eigenvalue weighted by Crippen LogP contribution is 2.43. The number of furan rings is 1.